The molecule has 37 heavy (non-hydrogen) atoms. The van der Waals surface area contributed by atoms with Crippen molar-refractivity contribution in [1.29, 1.82) is 0 Å². The molecule has 0 aliphatic carbocycles. The van der Waals surface area contributed by atoms with Crippen molar-refractivity contribution in [3.05, 3.63) is 111 Å². The molecule has 5 rings (SSSR count). The van der Waals surface area contributed by atoms with Gasteiger partial charge in [-0.25, -0.2) is 0 Å². The van der Waals surface area contributed by atoms with Crippen molar-refractivity contribution in [2.45, 2.75) is 30.0 Å². The third-order valence-corrected chi connectivity index (χ3v) is 8.68. The van der Waals surface area contributed by atoms with E-state index in [9.17, 15) is 14.7 Å². The molecule has 3 aromatic carbocycles. The van der Waals surface area contributed by atoms with E-state index in [4.69, 9.17) is 0 Å². The van der Waals surface area contributed by atoms with E-state index in [1.54, 1.807) is 0 Å². The van der Waals surface area contributed by atoms with Crippen molar-refractivity contribution in [3.8, 4) is 0 Å². The standard InChI is InChI=1S/C28H22BrN3O3S2/c1-16-11-12-17(2)21(13-16)24(33)22-23(19-9-6-10-20(29)14-19)32(26(35)25(22)34)27-30-31-28(37-27)36-15-18-7-4-3-5-8-18/h3-14,23,33H,15H2,1-2H3. The van der Waals surface area contributed by atoms with Gasteiger partial charge in [0.05, 0.1) is 11.6 Å². The third kappa shape index (κ3) is 5.12. The molecule has 1 fully saturated rings. The van der Waals surface area contributed by atoms with Crippen LogP contribution in [0.3, 0.4) is 0 Å². The highest BCUT2D eigenvalue weighted by Gasteiger charge is 2.48. The Labute approximate surface area is 231 Å². The first-order chi connectivity index (χ1) is 17.8. The van der Waals surface area contributed by atoms with E-state index < -0.39 is 17.7 Å². The first-order valence-corrected chi connectivity index (χ1v) is 14.1. The number of rotatable bonds is 6. The van der Waals surface area contributed by atoms with Gasteiger partial charge in [0, 0.05) is 15.8 Å². The van der Waals surface area contributed by atoms with Crippen molar-refractivity contribution in [2.75, 3.05) is 4.90 Å². The van der Waals surface area contributed by atoms with Gasteiger partial charge in [-0.05, 0) is 48.7 Å². The molecule has 1 aliphatic heterocycles. The van der Waals surface area contributed by atoms with Gasteiger partial charge in [0.25, 0.3) is 5.78 Å². The molecule has 1 aliphatic rings. The zero-order chi connectivity index (χ0) is 26.1. The molecule has 0 saturated carbocycles. The summed E-state index contributed by atoms with van der Waals surface area (Å²) in [5, 5.41) is 20.3. The molecule has 0 radical (unpaired) electrons. The van der Waals surface area contributed by atoms with Crippen LogP contribution in [-0.4, -0.2) is 27.0 Å². The lowest BCUT2D eigenvalue weighted by Crippen LogP contribution is -2.29. The van der Waals surface area contributed by atoms with Crippen molar-refractivity contribution in [2.24, 2.45) is 0 Å². The van der Waals surface area contributed by atoms with Gasteiger partial charge < -0.3 is 5.11 Å². The van der Waals surface area contributed by atoms with Crippen LogP contribution >= 0.6 is 39.0 Å². The number of benzene rings is 3. The predicted octanol–water partition coefficient (Wildman–Crippen LogP) is 6.84. The molecule has 1 saturated heterocycles. The molecular weight excluding hydrogens is 570 g/mol. The fourth-order valence-electron chi connectivity index (χ4n) is 4.24. The number of halogens is 1. The zero-order valence-corrected chi connectivity index (χ0v) is 23.2. The molecule has 2 heterocycles. The average Bonchev–Trinajstić information content (AvgIpc) is 3.46. The molecule has 1 N–H and O–H groups in total. The number of aliphatic hydroxyl groups excluding tert-OH is 1. The van der Waals surface area contributed by atoms with Crippen molar-refractivity contribution < 1.29 is 14.7 Å². The Balaban J connectivity index is 1.58. The summed E-state index contributed by atoms with van der Waals surface area (Å²) in [7, 11) is 0. The smallest absolute Gasteiger partial charge is 0.301 e. The number of aliphatic hydroxyl groups is 1. The van der Waals surface area contributed by atoms with Crippen molar-refractivity contribution >= 4 is 61.6 Å². The molecule has 1 aromatic heterocycles. The number of amides is 1. The molecule has 186 valence electrons. The summed E-state index contributed by atoms with van der Waals surface area (Å²) in [6.07, 6.45) is 0. The molecule has 1 unspecified atom stereocenters. The Kier molecular flexibility index (Phi) is 7.28. The normalized spacial score (nSPS) is 16.9. The predicted molar refractivity (Wildman–Crippen MR) is 151 cm³/mol. The summed E-state index contributed by atoms with van der Waals surface area (Å²) in [6.45, 7) is 3.77. The monoisotopic (exact) mass is 591 g/mol. The Morgan fingerprint density at radius 2 is 1.81 bits per heavy atom. The van der Waals surface area contributed by atoms with Gasteiger partial charge in [-0.2, -0.15) is 0 Å². The fourth-order valence-corrected chi connectivity index (χ4v) is 6.48. The summed E-state index contributed by atoms with van der Waals surface area (Å²) in [4.78, 5) is 28.2. The van der Waals surface area contributed by atoms with Crippen LogP contribution < -0.4 is 4.90 Å². The maximum Gasteiger partial charge on any atom is 0.301 e. The van der Waals surface area contributed by atoms with Crippen molar-refractivity contribution in [3.63, 3.8) is 0 Å². The molecule has 0 spiro atoms. The first-order valence-electron chi connectivity index (χ1n) is 11.5. The lowest BCUT2D eigenvalue weighted by molar-refractivity contribution is -0.132. The van der Waals surface area contributed by atoms with E-state index in [1.165, 1.54) is 28.0 Å². The second-order valence-electron chi connectivity index (χ2n) is 8.67. The van der Waals surface area contributed by atoms with Crippen LogP contribution in [0, 0.1) is 13.8 Å². The topological polar surface area (TPSA) is 83.4 Å². The van der Waals surface area contributed by atoms with Crippen LogP contribution in [0.1, 0.15) is 33.9 Å². The van der Waals surface area contributed by atoms with Crippen LogP contribution in [0.25, 0.3) is 5.76 Å². The minimum absolute atomic E-state index is 0.0329. The second-order valence-corrected chi connectivity index (χ2v) is 11.8. The van der Waals surface area contributed by atoms with E-state index in [-0.39, 0.29) is 11.3 Å². The number of nitrogens with zero attached hydrogens (tertiary/aromatic N) is 3. The van der Waals surface area contributed by atoms with Crippen molar-refractivity contribution in [1.82, 2.24) is 10.2 Å². The number of carbonyl (C=O) groups is 2. The largest absolute Gasteiger partial charge is 0.507 e. The van der Waals surface area contributed by atoms with E-state index in [1.807, 2.05) is 86.6 Å². The summed E-state index contributed by atoms with van der Waals surface area (Å²) in [5.74, 6) is -0.990. The number of ketones is 1. The second kappa shape index (κ2) is 10.6. The quantitative estimate of drug-likeness (QED) is 0.0869. The average molecular weight is 593 g/mol. The lowest BCUT2D eigenvalue weighted by Gasteiger charge is -2.23. The summed E-state index contributed by atoms with van der Waals surface area (Å²) in [6, 6.07) is 22.2. The zero-order valence-electron chi connectivity index (χ0n) is 20.0. The number of anilines is 1. The number of thioether (sulfide) groups is 1. The minimum Gasteiger partial charge on any atom is -0.507 e. The van der Waals surface area contributed by atoms with Crippen LogP contribution in [0.4, 0.5) is 5.13 Å². The number of Topliss-reactive ketones (excluding diaryl/α,β-unsaturated/α-hetero) is 1. The highest BCUT2D eigenvalue weighted by Crippen LogP contribution is 2.44. The van der Waals surface area contributed by atoms with Gasteiger partial charge in [-0.3, -0.25) is 14.5 Å². The number of carbonyl (C=O) groups excluding carboxylic acids is 2. The van der Waals surface area contributed by atoms with Gasteiger partial charge in [0.2, 0.25) is 5.13 Å². The van der Waals surface area contributed by atoms with E-state index in [0.717, 1.165) is 21.2 Å². The van der Waals surface area contributed by atoms with Gasteiger partial charge in [0.1, 0.15) is 5.76 Å². The van der Waals surface area contributed by atoms with E-state index in [2.05, 4.69) is 26.1 Å². The Bertz CT molecular complexity index is 1530. The maximum atomic E-state index is 13.4. The SMILES string of the molecule is Cc1ccc(C)c(C(O)=C2C(=O)C(=O)N(c3nnc(SCc4ccccc4)s3)C2c2cccc(Br)c2)c1. The highest BCUT2D eigenvalue weighted by atomic mass is 79.9. The Hall–Kier alpha value is -3.27. The molecule has 4 aromatic rings. The van der Waals surface area contributed by atoms with Crippen LogP contribution in [0.5, 0.6) is 0 Å². The first kappa shape index (κ1) is 25.4. The van der Waals surface area contributed by atoms with E-state index in [0.29, 0.717) is 26.4 Å². The molecule has 6 nitrogen and oxygen atoms in total. The van der Waals surface area contributed by atoms with Gasteiger partial charge in [0.15, 0.2) is 4.34 Å². The lowest BCUT2D eigenvalue weighted by atomic mass is 9.93. The van der Waals surface area contributed by atoms with Crippen LogP contribution in [0.15, 0.2) is 87.2 Å². The minimum atomic E-state index is -0.850. The Morgan fingerprint density at radius 3 is 2.57 bits per heavy atom. The van der Waals surface area contributed by atoms with Crippen LogP contribution in [-0.2, 0) is 15.3 Å². The summed E-state index contributed by atoms with van der Waals surface area (Å²) in [5.41, 5.74) is 4.11. The summed E-state index contributed by atoms with van der Waals surface area (Å²) < 4.78 is 1.47. The van der Waals surface area contributed by atoms with Gasteiger partial charge in [-0.15, -0.1) is 10.2 Å². The number of aryl methyl sites for hydroxylation is 2. The van der Waals surface area contributed by atoms with E-state index >= 15 is 0 Å². The third-order valence-electron chi connectivity index (χ3n) is 6.06. The highest BCUT2D eigenvalue weighted by molar-refractivity contribution is 9.10. The Morgan fingerprint density at radius 1 is 1.03 bits per heavy atom. The van der Waals surface area contributed by atoms with Gasteiger partial charge in [-0.1, -0.05) is 99.2 Å². The number of hydrogen-bond donors (Lipinski definition) is 1. The molecule has 1 amide bonds. The number of aromatic nitrogens is 2. The maximum absolute atomic E-state index is 13.4. The fraction of sp³-hybridized carbons (Fsp3) is 0.143. The summed E-state index contributed by atoms with van der Waals surface area (Å²) >= 11 is 6.26. The molecule has 1 atom stereocenters. The molecular formula is C28H22BrN3O3S2. The molecule has 9 heteroatoms. The number of hydrogen-bond acceptors (Lipinski definition) is 7. The molecule has 0 bridgehead atoms. The van der Waals surface area contributed by atoms with Gasteiger partial charge >= 0.3 is 5.91 Å². The van der Waals surface area contributed by atoms with Crippen LogP contribution in [0.2, 0.25) is 0 Å².